The maximum absolute atomic E-state index is 11.9. The molecule has 0 spiro atoms. The van der Waals surface area contributed by atoms with Gasteiger partial charge in [0.05, 0.1) is 12.3 Å². The first kappa shape index (κ1) is 17.0. The van der Waals surface area contributed by atoms with Crippen molar-refractivity contribution in [3.05, 3.63) is 65.5 Å². The number of carbonyl (C=O) groups excluding carboxylic acids is 1. The van der Waals surface area contributed by atoms with Gasteiger partial charge in [-0.1, -0.05) is 36.4 Å². The first-order chi connectivity index (χ1) is 12.0. The summed E-state index contributed by atoms with van der Waals surface area (Å²) in [5.41, 5.74) is 2.76. The van der Waals surface area contributed by atoms with E-state index in [4.69, 9.17) is 0 Å². The van der Waals surface area contributed by atoms with E-state index in [0.717, 1.165) is 27.6 Å². The molecule has 0 aliphatic carbocycles. The zero-order valence-corrected chi connectivity index (χ0v) is 14.4. The first-order valence-electron chi connectivity index (χ1n) is 8.20. The van der Waals surface area contributed by atoms with Crippen LogP contribution < -0.4 is 10.6 Å². The maximum atomic E-state index is 11.9. The maximum Gasteiger partial charge on any atom is 0.315 e. The van der Waals surface area contributed by atoms with E-state index >= 15 is 0 Å². The van der Waals surface area contributed by atoms with Gasteiger partial charge in [0.15, 0.2) is 0 Å². The normalized spacial score (nSPS) is 12.1. The van der Waals surface area contributed by atoms with Crippen LogP contribution in [0.4, 0.5) is 4.79 Å². The number of aryl methyl sites for hydroxylation is 1. The third-order valence-corrected chi connectivity index (χ3v) is 4.39. The van der Waals surface area contributed by atoms with E-state index in [9.17, 15) is 9.90 Å². The van der Waals surface area contributed by atoms with Crippen LogP contribution in [-0.2, 0) is 13.6 Å². The van der Waals surface area contributed by atoms with E-state index in [1.807, 2.05) is 56.4 Å². The number of urea groups is 1. The van der Waals surface area contributed by atoms with Gasteiger partial charge in [-0.25, -0.2) is 4.79 Å². The molecule has 0 aliphatic rings. The highest BCUT2D eigenvalue weighted by Gasteiger charge is 2.11. The summed E-state index contributed by atoms with van der Waals surface area (Å²) >= 11 is 0. The molecule has 3 aromatic rings. The molecule has 1 unspecified atom stereocenters. The quantitative estimate of drug-likeness (QED) is 0.668. The van der Waals surface area contributed by atoms with Crippen molar-refractivity contribution >= 4 is 16.8 Å². The number of benzene rings is 2. The molecule has 2 amide bonds. The van der Waals surface area contributed by atoms with Crippen molar-refractivity contribution in [3.63, 3.8) is 0 Å². The Kier molecular flexibility index (Phi) is 5.00. The number of nitrogens with zero attached hydrogens (tertiary/aromatic N) is 2. The van der Waals surface area contributed by atoms with Crippen LogP contribution in [0.5, 0.6) is 0 Å². The smallest absolute Gasteiger partial charge is 0.315 e. The van der Waals surface area contributed by atoms with Crippen molar-refractivity contribution in [1.29, 1.82) is 0 Å². The predicted octanol–water partition coefficient (Wildman–Crippen LogP) is 2.41. The van der Waals surface area contributed by atoms with Crippen molar-refractivity contribution in [3.8, 4) is 0 Å². The molecule has 0 saturated carbocycles. The molecule has 0 bridgehead atoms. The second-order valence-electron chi connectivity index (χ2n) is 6.06. The van der Waals surface area contributed by atoms with Gasteiger partial charge in [0.25, 0.3) is 0 Å². The van der Waals surface area contributed by atoms with Gasteiger partial charge in [0, 0.05) is 31.4 Å². The van der Waals surface area contributed by atoms with E-state index in [-0.39, 0.29) is 12.6 Å². The van der Waals surface area contributed by atoms with Gasteiger partial charge in [-0.2, -0.15) is 5.10 Å². The number of hydrogen-bond acceptors (Lipinski definition) is 3. The number of rotatable bonds is 5. The lowest BCUT2D eigenvalue weighted by Crippen LogP contribution is -2.37. The highest BCUT2D eigenvalue weighted by molar-refractivity contribution is 5.83. The number of aromatic nitrogens is 2. The molecule has 0 fully saturated rings. The van der Waals surface area contributed by atoms with Gasteiger partial charge < -0.3 is 15.7 Å². The van der Waals surface area contributed by atoms with Gasteiger partial charge in [-0.3, -0.25) is 4.68 Å². The van der Waals surface area contributed by atoms with Gasteiger partial charge in [0.1, 0.15) is 0 Å². The zero-order chi connectivity index (χ0) is 17.8. The molecule has 6 nitrogen and oxygen atoms in total. The van der Waals surface area contributed by atoms with E-state index in [0.29, 0.717) is 6.54 Å². The average molecular weight is 338 g/mol. The third-order valence-electron chi connectivity index (χ3n) is 4.39. The molecule has 0 radical (unpaired) electrons. The SMILES string of the molecule is Cc1c(CNC(=O)NCC(O)c2ccc3ccccc3c2)cnn1C. The Morgan fingerprint density at radius 2 is 1.96 bits per heavy atom. The first-order valence-corrected chi connectivity index (χ1v) is 8.20. The molecule has 2 aromatic carbocycles. The molecule has 1 heterocycles. The highest BCUT2D eigenvalue weighted by Crippen LogP contribution is 2.20. The Bertz CT molecular complexity index is 888. The van der Waals surface area contributed by atoms with Crippen LogP contribution in [-0.4, -0.2) is 27.5 Å². The van der Waals surface area contributed by atoms with Gasteiger partial charge >= 0.3 is 6.03 Å². The number of nitrogens with one attached hydrogen (secondary N) is 2. The number of amides is 2. The number of hydrogen-bond donors (Lipinski definition) is 3. The molecule has 25 heavy (non-hydrogen) atoms. The minimum Gasteiger partial charge on any atom is -0.387 e. The summed E-state index contributed by atoms with van der Waals surface area (Å²) in [6.07, 6.45) is 0.981. The van der Waals surface area contributed by atoms with E-state index in [1.165, 1.54) is 0 Å². The summed E-state index contributed by atoms with van der Waals surface area (Å²) < 4.78 is 1.76. The summed E-state index contributed by atoms with van der Waals surface area (Å²) in [5, 5.41) is 22.1. The summed E-state index contributed by atoms with van der Waals surface area (Å²) in [6, 6.07) is 13.4. The minimum absolute atomic E-state index is 0.149. The largest absolute Gasteiger partial charge is 0.387 e. The Morgan fingerprint density at radius 1 is 1.20 bits per heavy atom. The molecule has 130 valence electrons. The molecule has 0 aliphatic heterocycles. The highest BCUT2D eigenvalue weighted by atomic mass is 16.3. The molecule has 1 atom stereocenters. The fourth-order valence-electron chi connectivity index (χ4n) is 2.68. The molecule has 0 saturated heterocycles. The summed E-state index contributed by atoms with van der Waals surface area (Å²) in [7, 11) is 1.86. The van der Waals surface area contributed by atoms with E-state index < -0.39 is 6.10 Å². The van der Waals surface area contributed by atoms with Crippen molar-refractivity contribution in [2.75, 3.05) is 6.54 Å². The van der Waals surface area contributed by atoms with E-state index in [1.54, 1.807) is 10.9 Å². The molecular formula is C19H22N4O2. The Balaban J connectivity index is 1.53. The number of carbonyl (C=O) groups is 1. The monoisotopic (exact) mass is 338 g/mol. The lowest BCUT2D eigenvalue weighted by atomic mass is 10.0. The standard InChI is InChI=1S/C19H22N4O2/c1-13-17(11-22-23(13)2)10-20-19(25)21-12-18(24)16-8-7-14-5-3-4-6-15(14)9-16/h3-9,11,18,24H,10,12H2,1-2H3,(H2,20,21,25). The second-order valence-corrected chi connectivity index (χ2v) is 6.06. The van der Waals surface area contributed by atoms with Crippen LogP contribution in [0.3, 0.4) is 0 Å². The number of fused-ring (bicyclic) bond motifs is 1. The fourth-order valence-corrected chi connectivity index (χ4v) is 2.68. The zero-order valence-electron chi connectivity index (χ0n) is 14.4. The molecule has 6 heteroatoms. The van der Waals surface area contributed by atoms with Crippen LogP contribution >= 0.6 is 0 Å². The van der Waals surface area contributed by atoms with Crippen LogP contribution in [0, 0.1) is 6.92 Å². The molecule has 3 N–H and O–H groups in total. The Morgan fingerprint density at radius 3 is 2.68 bits per heavy atom. The van der Waals surface area contributed by atoms with Gasteiger partial charge in [0.2, 0.25) is 0 Å². The Labute approximate surface area is 146 Å². The van der Waals surface area contributed by atoms with Crippen molar-refractivity contribution in [2.45, 2.75) is 19.6 Å². The van der Waals surface area contributed by atoms with Crippen LogP contribution in [0.25, 0.3) is 10.8 Å². The molecule has 3 rings (SSSR count). The Hall–Kier alpha value is -2.86. The topological polar surface area (TPSA) is 79.2 Å². The van der Waals surface area contributed by atoms with Gasteiger partial charge in [-0.15, -0.1) is 0 Å². The van der Waals surface area contributed by atoms with Crippen molar-refractivity contribution < 1.29 is 9.90 Å². The van der Waals surface area contributed by atoms with Crippen molar-refractivity contribution in [1.82, 2.24) is 20.4 Å². The second kappa shape index (κ2) is 7.36. The van der Waals surface area contributed by atoms with Crippen LogP contribution in [0.2, 0.25) is 0 Å². The minimum atomic E-state index is -0.754. The van der Waals surface area contributed by atoms with E-state index in [2.05, 4.69) is 15.7 Å². The number of aliphatic hydroxyl groups is 1. The van der Waals surface area contributed by atoms with Crippen LogP contribution in [0.1, 0.15) is 22.9 Å². The number of aliphatic hydroxyl groups excluding tert-OH is 1. The average Bonchev–Trinajstić information content (AvgIpc) is 2.96. The summed E-state index contributed by atoms with van der Waals surface area (Å²) in [5.74, 6) is 0. The predicted molar refractivity (Wildman–Crippen MR) is 97.1 cm³/mol. The third kappa shape index (κ3) is 3.97. The molecule has 1 aromatic heterocycles. The summed E-state index contributed by atoms with van der Waals surface area (Å²) in [6.45, 7) is 2.50. The lowest BCUT2D eigenvalue weighted by molar-refractivity contribution is 0.173. The van der Waals surface area contributed by atoms with Crippen molar-refractivity contribution in [2.24, 2.45) is 7.05 Å². The summed E-state index contributed by atoms with van der Waals surface area (Å²) in [4.78, 5) is 11.9. The van der Waals surface area contributed by atoms with Gasteiger partial charge in [-0.05, 0) is 29.3 Å². The molecular weight excluding hydrogens is 316 g/mol. The lowest BCUT2D eigenvalue weighted by Gasteiger charge is -2.13. The fraction of sp³-hybridized carbons (Fsp3) is 0.263. The van der Waals surface area contributed by atoms with Crippen LogP contribution in [0.15, 0.2) is 48.7 Å².